The van der Waals surface area contributed by atoms with Gasteiger partial charge in [0, 0.05) is 31.3 Å². The second-order valence-corrected chi connectivity index (χ2v) is 9.01. The molecule has 3 rings (SSSR count). The molecule has 0 aromatic carbocycles. The van der Waals surface area contributed by atoms with E-state index >= 15 is 0 Å². The van der Waals surface area contributed by atoms with Gasteiger partial charge in [-0.15, -0.1) is 0 Å². The molecule has 0 spiro atoms. The van der Waals surface area contributed by atoms with Crippen molar-refractivity contribution in [2.24, 2.45) is 23.7 Å². The Morgan fingerprint density at radius 3 is 2.55 bits per heavy atom. The van der Waals surface area contributed by atoms with E-state index in [2.05, 4.69) is 0 Å². The van der Waals surface area contributed by atoms with Crippen LogP contribution in [-0.2, 0) is 23.7 Å². The zero-order chi connectivity index (χ0) is 22.7. The molecule has 9 atom stereocenters. The molecular weight excluding hydrogens is 412 g/mol. The van der Waals surface area contributed by atoms with E-state index in [1.165, 1.54) is 6.26 Å². The molecule has 0 unspecified atom stereocenters. The molecule has 178 valence electrons. The number of aliphatic hydroxyl groups is 5. The quantitative estimate of drug-likeness (QED) is 0.301. The van der Waals surface area contributed by atoms with Crippen LogP contribution in [0, 0.1) is 23.7 Å². The van der Waals surface area contributed by atoms with Crippen molar-refractivity contribution in [2.75, 3.05) is 19.8 Å². The fraction of sp³-hybridized carbons (Fsp3) is 0.857. The Balaban J connectivity index is 1.67. The van der Waals surface area contributed by atoms with Gasteiger partial charge in [-0.05, 0) is 23.8 Å². The van der Waals surface area contributed by atoms with Crippen molar-refractivity contribution in [1.82, 2.24) is 0 Å². The molecule has 0 radical (unpaired) electrons. The molecule has 1 saturated carbocycles. The van der Waals surface area contributed by atoms with Crippen molar-refractivity contribution in [3.05, 3.63) is 11.8 Å². The Bertz CT molecular complexity index is 638. The van der Waals surface area contributed by atoms with Crippen LogP contribution in [-0.4, -0.2) is 88.3 Å². The Morgan fingerprint density at radius 2 is 1.90 bits per heavy atom. The van der Waals surface area contributed by atoms with E-state index in [1.54, 1.807) is 0 Å². The van der Waals surface area contributed by atoms with Gasteiger partial charge in [-0.2, -0.15) is 0 Å². The third-order valence-corrected chi connectivity index (χ3v) is 6.28. The smallest absolute Gasteiger partial charge is 0.309 e. The van der Waals surface area contributed by atoms with Crippen molar-refractivity contribution in [3.8, 4) is 0 Å². The van der Waals surface area contributed by atoms with E-state index in [9.17, 15) is 30.3 Å². The first-order valence-electron chi connectivity index (χ1n) is 10.8. The molecule has 0 aromatic rings. The number of hydrogen-bond donors (Lipinski definition) is 5. The maximum atomic E-state index is 12.2. The lowest BCUT2D eigenvalue weighted by molar-refractivity contribution is -0.255. The number of aliphatic hydroxyl groups excluding tert-OH is 5. The summed E-state index contributed by atoms with van der Waals surface area (Å²) in [5.74, 6) is -1.44. The number of carbonyl (C=O) groups excluding carboxylic acids is 1. The second kappa shape index (κ2) is 10.6. The minimum atomic E-state index is -1.19. The molecule has 0 amide bonds. The van der Waals surface area contributed by atoms with E-state index < -0.39 is 61.4 Å². The van der Waals surface area contributed by atoms with Gasteiger partial charge in [0.05, 0.1) is 31.7 Å². The molecule has 2 fully saturated rings. The molecule has 0 aromatic heterocycles. The molecule has 10 nitrogen and oxygen atoms in total. The van der Waals surface area contributed by atoms with Crippen LogP contribution >= 0.6 is 0 Å². The summed E-state index contributed by atoms with van der Waals surface area (Å²) >= 11 is 0. The van der Waals surface area contributed by atoms with Crippen LogP contribution in [0.3, 0.4) is 0 Å². The van der Waals surface area contributed by atoms with E-state index in [4.69, 9.17) is 18.9 Å². The number of fused-ring (bicyclic) bond motifs is 1. The lowest BCUT2D eigenvalue weighted by Gasteiger charge is -2.38. The summed E-state index contributed by atoms with van der Waals surface area (Å²) in [4.78, 5) is 12.2. The molecule has 5 N–H and O–H groups in total. The van der Waals surface area contributed by atoms with Crippen molar-refractivity contribution >= 4 is 5.97 Å². The Kier molecular flexibility index (Phi) is 8.31. The number of carbonyl (C=O) groups is 1. The van der Waals surface area contributed by atoms with Gasteiger partial charge in [0.2, 0.25) is 6.29 Å². The topological polar surface area (TPSA) is 155 Å². The van der Waals surface area contributed by atoms with Gasteiger partial charge in [-0.3, -0.25) is 4.79 Å². The van der Waals surface area contributed by atoms with E-state index in [0.717, 1.165) is 0 Å². The van der Waals surface area contributed by atoms with E-state index in [0.29, 0.717) is 12.0 Å². The van der Waals surface area contributed by atoms with Gasteiger partial charge in [0.1, 0.15) is 12.2 Å². The summed E-state index contributed by atoms with van der Waals surface area (Å²) in [6.07, 6.45) is -3.66. The van der Waals surface area contributed by atoms with Gasteiger partial charge in [0.15, 0.2) is 6.29 Å². The highest BCUT2D eigenvalue weighted by atomic mass is 16.7. The average molecular weight is 446 g/mol. The molecule has 31 heavy (non-hydrogen) atoms. The summed E-state index contributed by atoms with van der Waals surface area (Å²) in [6.45, 7) is 3.14. The van der Waals surface area contributed by atoms with Gasteiger partial charge < -0.3 is 44.5 Å². The molecule has 10 heteroatoms. The first-order chi connectivity index (χ1) is 14.7. The summed E-state index contributed by atoms with van der Waals surface area (Å²) in [6, 6.07) is 0. The van der Waals surface area contributed by atoms with Gasteiger partial charge in [0.25, 0.3) is 0 Å². The molecule has 1 aliphatic carbocycles. The maximum absolute atomic E-state index is 12.2. The predicted octanol–water partition coefficient (Wildman–Crippen LogP) is -0.733. The maximum Gasteiger partial charge on any atom is 0.309 e. The van der Waals surface area contributed by atoms with Crippen molar-refractivity contribution in [1.29, 1.82) is 0 Å². The third kappa shape index (κ3) is 5.57. The third-order valence-electron chi connectivity index (χ3n) is 6.28. The molecule has 2 aliphatic heterocycles. The number of esters is 1. The van der Waals surface area contributed by atoms with Crippen LogP contribution in [0.25, 0.3) is 0 Å². The Hall–Kier alpha value is -1.27. The Morgan fingerprint density at radius 1 is 1.16 bits per heavy atom. The van der Waals surface area contributed by atoms with Crippen LogP contribution < -0.4 is 0 Å². The number of hydrogen-bond acceptors (Lipinski definition) is 10. The largest absolute Gasteiger partial charge is 0.462 e. The van der Waals surface area contributed by atoms with Gasteiger partial charge in [-0.25, -0.2) is 0 Å². The molecule has 1 saturated heterocycles. The van der Waals surface area contributed by atoms with Gasteiger partial charge >= 0.3 is 5.97 Å². The normalized spacial score (nSPS) is 40.3. The van der Waals surface area contributed by atoms with E-state index in [1.807, 2.05) is 13.8 Å². The second-order valence-electron chi connectivity index (χ2n) is 9.01. The average Bonchev–Trinajstić information content (AvgIpc) is 3.05. The highest BCUT2D eigenvalue weighted by Crippen LogP contribution is 2.47. The lowest BCUT2D eigenvalue weighted by Crippen LogP contribution is -2.50. The highest BCUT2D eigenvalue weighted by molar-refractivity contribution is 5.69. The summed E-state index contributed by atoms with van der Waals surface area (Å²) in [5.41, 5.74) is 0.709. The predicted molar refractivity (Wildman–Crippen MR) is 105 cm³/mol. The summed E-state index contributed by atoms with van der Waals surface area (Å²) in [5, 5.41) is 49.3. The fourth-order valence-corrected chi connectivity index (χ4v) is 4.63. The number of rotatable bonds is 8. The standard InChI is InChI=1S/C21H34O10/c1-10(2)3-17(26)31-21-19-12(4-14(24)13(19)6-22)11(9-29-21)8-28-18-5-15(25)20(27)16(7-23)30-18/h9-10,12-16,18-25,27H,3-8H2,1-2H3/t12-,13+,14+,15-,16-,18-,19+,20+,21+/m1/s1. The SMILES string of the molecule is CC(C)CC(=O)O[C@@H]1OC=C(CO[C@H]2C[C@@H](O)[C@H](O)[C@@H](CO)O2)[C@H]2C[C@H](O)[C@H](CO)[C@@H]12. The van der Waals surface area contributed by atoms with Crippen LogP contribution in [0.15, 0.2) is 11.8 Å². The Labute approximate surface area is 181 Å². The highest BCUT2D eigenvalue weighted by Gasteiger charge is 2.52. The van der Waals surface area contributed by atoms with Crippen LogP contribution in [0.5, 0.6) is 0 Å². The van der Waals surface area contributed by atoms with Crippen LogP contribution in [0.1, 0.15) is 33.1 Å². The van der Waals surface area contributed by atoms with Crippen molar-refractivity contribution in [3.63, 3.8) is 0 Å². The number of ether oxygens (including phenoxy) is 4. The lowest BCUT2D eigenvalue weighted by atomic mass is 9.83. The first kappa shape index (κ1) is 24.4. The molecule has 2 heterocycles. The summed E-state index contributed by atoms with van der Waals surface area (Å²) < 4.78 is 22.4. The van der Waals surface area contributed by atoms with Crippen LogP contribution in [0.2, 0.25) is 0 Å². The minimum Gasteiger partial charge on any atom is -0.462 e. The zero-order valence-corrected chi connectivity index (χ0v) is 17.9. The fourth-order valence-electron chi connectivity index (χ4n) is 4.63. The summed E-state index contributed by atoms with van der Waals surface area (Å²) in [7, 11) is 0. The monoisotopic (exact) mass is 446 g/mol. The molecule has 3 aliphatic rings. The van der Waals surface area contributed by atoms with Crippen molar-refractivity contribution in [2.45, 2.75) is 70.1 Å². The first-order valence-corrected chi connectivity index (χ1v) is 10.8. The van der Waals surface area contributed by atoms with Crippen molar-refractivity contribution < 1.29 is 49.3 Å². The van der Waals surface area contributed by atoms with Gasteiger partial charge in [-0.1, -0.05) is 13.8 Å². The minimum absolute atomic E-state index is 0.0389. The van der Waals surface area contributed by atoms with Crippen LogP contribution in [0.4, 0.5) is 0 Å². The molecule has 0 bridgehead atoms. The molecular formula is C21H34O10. The van der Waals surface area contributed by atoms with E-state index in [-0.39, 0.29) is 37.9 Å². The zero-order valence-electron chi connectivity index (χ0n) is 17.9.